The molecule has 1 saturated heterocycles. The molecule has 1 fully saturated rings. The van der Waals surface area contributed by atoms with Gasteiger partial charge >= 0.3 is 5.97 Å². The van der Waals surface area contributed by atoms with Crippen LogP contribution in [0.15, 0.2) is 42.5 Å². The molecule has 0 radical (unpaired) electrons. The summed E-state index contributed by atoms with van der Waals surface area (Å²) in [6, 6.07) is 13.2. The third-order valence-corrected chi connectivity index (χ3v) is 7.39. The summed E-state index contributed by atoms with van der Waals surface area (Å²) in [6.45, 7) is 3.69. The van der Waals surface area contributed by atoms with Crippen LogP contribution in [0, 0.1) is 13.8 Å². The maximum atomic E-state index is 12.2. The number of anilines is 1. The molecule has 0 bridgehead atoms. The van der Waals surface area contributed by atoms with E-state index < -0.39 is 5.97 Å². The van der Waals surface area contributed by atoms with Gasteiger partial charge in [0.05, 0.1) is 10.1 Å². The molecule has 2 aromatic carbocycles. The number of benzene rings is 2. The zero-order valence-corrected chi connectivity index (χ0v) is 17.1. The van der Waals surface area contributed by atoms with Crippen molar-refractivity contribution in [3.05, 3.63) is 64.7 Å². The number of nitrogens with one attached hydrogen (secondary N) is 1. The van der Waals surface area contributed by atoms with Gasteiger partial charge in [0.1, 0.15) is 0 Å². The highest BCUT2D eigenvalue weighted by Crippen LogP contribution is 2.43. The fraction of sp³-hybridized carbons (Fsp3) is 0.333. The zero-order chi connectivity index (χ0) is 19.2. The molecule has 0 saturated carbocycles. The van der Waals surface area contributed by atoms with Crippen molar-refractivity contribution in [1.82, 2.24) is 0 Å². The number of aryl methyl sites for hydroxylation is 2. The zero-order valence-electron chi connectivity index (χ0n) is 15.5. The van der Waals surface area contributed by atoms with E-state index in [0.717, 1.165) is 11.1 Å². The van der Waals surface area contributed by atoms with Gasteiger partial charge in [-0.05, 0) is 72.7 Å². The molecule has 142 valence electrons. The van der Waals surface area contributed by atoms with Crippen molar-refractivity contribution in [2.24, 2.45) is 0 Å². The minimum absolute atomic E-state index is 0.304. The number of hydrogen-bond donors (Lipinski definition) is 1. The molecule has 3 rings (SSSR count). The molecule has 2 aromatic rings. The molecule has 6 heteroatoms. The summed E-state index contributed by atoms with van der Waals surface area (Å²) in [4.78, 5) is 24.2. The Balaban J connectivity index is 1.50. The summed E-state index contributed by atoms with van der Waals surface area (Å²) in [7, 11) is 0. The van der Waals surface area contributed by atoms with Gasteiger partial charge in [-0.25, -0.2) is 4.79 Å². The Morgan fingerprint density at radius 1 is 1.04 bits per heavy atom. The highest BCUT2D eigenvalue weighted by atomic mass is 32.2. The van der Waals surface area contributed by atoms with Crippen LogP contribution in [-0.2, 0) is 9.53 Å². The molecule has 1 N–H and O–H groups in total. The summed E-state index contributed by atoms with van der Waals surface area (Å²) in [5.41, 5.74) is 4.63. The van der Waals surface area contributed by atoms with Crippen LogP contribution in [-0.4, -0.2) is 30.0 Å². The molecule has 0 aromatic heterocycles. The molecule has 0 atom stereocenters. The van der Waals surface area contributed by atoms with E-state index in [1.165, 1.54) is 23.5 Å². The highest BCUT2D eigenvalue weighted by Gasteiger charge is 2.17. The van der Waals surface area contributed by atoms with E-state index in [1.807, 2.05) is 67.7 Å². The van der Waals surface area contributed by atoms with E-state index in [0.29, 0.717) is 15.8 Å². The van der Waals surface area contributed by atoms with E-state index in [2.05, 4.69) is 5.32 Å². The van der Waals surface area contributed by atoms with Gasteiger partial charge < -0.3 is 10.1 Å². The molecular formula is C21H23NO3S2. The largest absolute Gasteiger partial charge is 0.452 e. The summed E-state index contributed by atoms with van der Waals surface area (Å²) in [5, 5.41) is 2.75. The molecule has 0 aliphatic carbocycles. The van der Waals surface area contributed by atoms with Crippen molar-refractivity contribution < 1.29 is 14.3 Å². The first kappa shape index (κ1) is 19.8. The maximum absolute atomic E-state index is 12.2. The van der Waals surface area contributed by atoms with Crippen LogP contribution in [0.2, 0.25) is 0 Å². The van der Waals surface area contributed by atoms with E-state index in [4.69, 9.17) is 4.74 Å². The smallest absolute Gasteiger partial charge is 0.338 e. The molecule has 0 spiro atoms. The van der Waals surface area contributed by atoms with Crippen LogP contribution >= 0.6 is 23.5 Å². The standard InChI is InChI=1S/C21H23NO3S2/c1-14-4-9-18(12-15(14)2)22-19(23)13-25-20(24)16-5-7-17(8-6-16)21-26-10-3-11-27-21/h4-9,12,21H,3,10-11,13H2,1-2H3,(H,22,23). The lowest BCUT2D eigenvalue weighted by molar-refractivity contribution is -0.119. The van der Waals surface area contributed by atoms with Crippen LogP contribution in [0.5, 0.6) is 0 Å². The number of rotatable bonds is 5. The van der Waals surface area contributed by atoms with Crippen molar-refractivity contribution in [2.75, 3.05) is 23.4 Å². The monoisotopic (exact) mass is 401 g/mol. The summed E-state index contributed by atoms with van der Waals surface area (Å²) < 4.78 is 5.58. The second-order valence-corrected chi connectivity index (χ2v) is 9.20. The van der Waals surface area contributed by atoms with Crippen molar-refractivity contribution in [2.45, 2.75) is 24.9 Å². The average molecular weight is 402 g/mol. The molecule has 0 unspecified atom stereocenters. The molecule has 1 aliphatic heterocycles. The summed E-state index contributed by atoms with van der Waals surface area (Å²) >= 11 is 3.88. The summed E-state index contributed by atoms with van der Waals surface area (Å²) in [6.07, 6.45) is 1.25. The Labute approximate surface area is 168 Å². The molecule has 1 heterocycles. The van der Waals surface area contributed by atoms with Crippen LogP contribution in [0.4, 0.5) is 5.69 Å². The second-order valence-electron chi connectivity index (χ2n) is 6.47. The lowest BCUT2D eigenvalue weighted by Crippen LogP contribution is -2.21. The van der Waals surface area contributed by atoms with Crippen molar-refractivity contribution in [3.63, 3.8) is 0 Å². The molecule has 1 amide bonds. The van der Waals surface area contributed by atoms with Crippen LogP contribution < -0.4 is 5.32 Å². The first-order valence-electron chi connectivity index (χ1n) is 8.90. The molecule has 4 nitrogen and oxygen atoms in total. The molecule has 1 aliphatic rings. The van der Waals surface area contributed by atoms with Crippen molar-refractivity contribution in [1.29, 1.82) is 0 Å². The van der Waals surface area contributed by atoms with E-state index >= 15 is 0 Å². The topological polar surface area (TPSA) is 55.4 Å². The van der Waals surface area contributed by atoms with Gasteiger partial charge in [-0.2, -0.15) is 0 Å². The Bertz CT molecular complexity index is 815. The Hall–Kier alpha value is -1.92. The first-order chi connectivity index (χ1) is 13.0. The molecule has 27 heavy (non-hydrogen) atoms. The predicted molar refractivity (Wildman–Crippen MR) is 114 cm³/mol. The average Bonchev–Trinajstić information content (AvgIpc) is 2.70. The van der Waals surface area contributed by atoms with Crippen molar-refractivity contribution in [3.8, 4) is 0 Å². The Kier molecular flexibility index (Phi) is 6.85. The fourth-order valence-electron chi connectivity index (χ4n) is 2.69. The van der Waals surface area contributed by atoms with Gasteiger partial charge in [0.2, 0.25) is 0 Å². The minimum Gasteiger partial charge on any atom is -0.452 e. The Morgan fingerprint density at radius 3 is 2.41 bits per heavy atom. The minimum atomic E-state index is -0.485. The van der Waals surface area contributed by atoms with E-state index in [1.54, 1.807) is 12.1 Å². The highest BCUT2D eigenvalue weighted by molar-refractivity contribution is 8.16. The summed E-state index contributed by atoms with van der Waals surface area (Å²) in [5.74, 6) is 1.52. The Morgan fingerprint density at radius 2 is 1.74 bits per heavy atom. The normalized spacial score (nSPS) is 14.6. The van der Waals surface area contributed by atoms with E-state index in [9.17, 15) is 9.59 Å². The number of ether oxygens (including phenoxy) is 1. The van der Waals surface area contributed by atoms with Gasteiger partial charge in [0.15, 0.2) is 6.61 Å². The van der Waals surface area contributed by atoms with Crippen LogP contribution in [0.3, 0.4) is 0 Å². The number of hydrogen-bond acceptors (Lipinski definition) is 5. The lowest BCUT2D eigenvalue weighted by atomic mass is 10.1. The first-order valence-corrected chi connectivity index (χ1v) is 11.0. The second kappa shape index (κ2) is 9.33. The third-order valence-electron chi connectivity index (χ3n) is 4.37. The predicted octanol–water partition coefficient (Wildman–Crippen LogP) is 4.97. The SMILES string of the molecule is Cc1ccc(NC(=O)COC(=O)c2ccc(C3SCCCS3)cc2)cc1C. The van der Waals surface area contributed by atoms with Gasteiger partial charge in [0.25, 0.3) is 5.91 Å². The number of carbonyl (C=O) groups is 2. The van der Waals surface area contributed by atoms with E-state index in [-0.39, 0.29) is 12.5 Å². The number of carbonyl (C=O) groups excluding carboxylic acids is 2. The lowest BCUT2D eigenvalue weighted by Gasteiger charge is -2.21. The molecular weight excluding hydrogens is 378 g/mol. The van der Waals surface area contributed by atoms with Gasteiger partial charge in [-0.1, -0.05) is 18.2 Å². The van der Waals surface area contributed by atoms with Gasteiger partial charge in [-0.15, -0.1) is 23.5 Å². The number of esters is 1. The number of thioether (sulfide) groups is 2. The number of amides is 1. The maximum Gasteiger partial charge on any atom is 0.338 e. The van der Waals surface area contributed by atoms with Crippen LogP contribution in [0.1, 0.15) is 38.1 Å². The quantitative estimate of drug-likeness (QED) is 0.717. The third kappa shape index (κ3) is 5.53. The van der Waals surface area contributed by atoms with Crippen molar-refractivity contribution >= 4 is 41.1 Å². The van der Waals surface area contributed by atoms with Gasteiger partial charge in [0, 0.05) is 5.69 Å². The van der Waals surface area contributed by atoms with Crippen LogP contribution in [0.25, 0.3) is 0 Å². The van der Waals surface area contributed by atoms with Gasteiger partial charge in [-0.3, -0.25) is 4.79 Å². The fourth-order valence-corrected chi connectivity index (χ4v) is 5.58.